The highest BCUT2D eigenvalue weighted by atomic mass is 127. The fourth-order valence-electron chi connectivity index (χ4n) is 3.68. The zero-order chi connectivity index (χ0) is 21.9. The number of aliphatic imine (C=N–C) groups is 1. The van der Waals surface area contributed by atoms with E-state index in [0.29, 0.717) is 25.2 Å². The summed E-state index contributed by atoms with van der Waals surface area (Å²) in [5.74, 6) is -0.338. The number of hydrogen-bond acceptors (Lipinski definition) is 3. The SMILES string of the molecule is CN=C(NCCCOC1CCN(Cc2ccccc2)CC1)NCc1cc(F)ccc1F.I. The topological polar surface area (TPSA) is 48.9 Å². The van der Waals surface area contributed by atoms with Crippen LogP contribution in [0.25, 0.3) is 0 Å². The summed E-state index contributed by atoms with van der Waals surface area (Å²) in [6, 6.07) is 14.0. The van der Waals surface area contributed by atoms with Crippen LogP contribution in [0.5, 0.6) is 0 Å². The zero-order valence-electron chi connectivity index (χ0n) is 18.5. The molecule has 0 unspecified atom stereocenters. The van der Waals surface area contributed by atoms with Crippen LogP contribution in [0.15, 0.2) is 53.5 Å². The molecule has 1 heterocycles. The second-order valence-electron chi connectivity index (χ2n) is 7.77. The Morgan fingerprint density at radius 2 is 1.84 bits per heavy atom. The lowest BCUT2D eigenvalue weighted by atomic mass is 10.1. The van der Waals surface area contributed by atoms with Gasteiger partial charge in [-0.3, -0.25) is 9.89 Å². The number of piperidine rings is 1. The summed E-state index contributed by atoms with van der Waals surface area (Å²) >= 11 is 0. The Morgan fingerprint density at radius 3 is 2.56 bits per heavy atom. The van der Waals surface area contributed by atoms with Crippen molar-refractivity contribution in [3.05, 3.63) is 71.3 Å². The normalized spacial score (nSPS) is 15.3. The molecule has 32 heavy (non-hydrogen) atoms. The Bertz CT molecular complexity index is 830. The first-order chi connectivity index (χ1) is 15.1. The highest BCUT2D eigenvalue weighted by Crippen LogP contribution is 2.16. The Labute approximate surface area is 206 Å². The number of nitrogens with one attached hydrogen (secondary N) is 2. The van der Waals surface area contributed by atoms with Crippen molar-refractivity contribution in [3.63, 3.8) is 0 Å². The molecule has 0 radical (unpaired) electrons. The molecule has 2 aromatic carbocycles. The smallest absolute Gasteiger partial charge is 0.191 e. The van der Waals surface area contributed by atoms with E-state index in [1.54, 1.807) is 7.05 Å². The van der Waals surface area contributed by atoms with Gasteiger partial charge in [-0.15, -0.1) is 24.0 Å². The fraction of sp³-hybridized carbons (Fsp3) is 0.458. The molecular weight excluding hydrogens is 525 g/mol. The number of benzene rings is 2. The van der Waals surface area contributed by atoms with E-state index in [1.807, 2.05) is 6.07 Å². The van der Waals surface area contributed by atoms with Crippen LogP contribution < -0.4 is 10.6 Å². The molecule has 0 aliphatic carbocycles. The van der Waals surface area contributed by atoms with E-state index in [-0.39, 0.29) is 36.1 Å². The quantitative estimate of drug-likeness (QED) is 0.209. The Morgan fingerprint density at radius 1 is 1.09 bits per heavy atom. The second kappa shape index (κ2) is 14.4. The molecule has 0 atom stereocenters. The zero-order valence-corrected chi connectivity index (χ0v) is 20.9. The third-order valence-corrected chi connectivity index (χ3v) is 5.43. The predicted molar refractivity (Wildman–Crippen MR) is 135 cm³/mol. The Balaban J connectivity index is 0.00000363. The summed E-state index contributed by atoms with van der Waals surface area (Å²) in [4.78, 5) is 6.60. The minimum absolute atomic E-state index is 0. The van der Waals surface area contributed by atoms with Gasteiger partial charge in [0.05, 0.1) is 6.10 Å². The van der Waals surface area contributed by atoms with Gasteiger partial charge in [0.25, 0.3) is 0 Å². The van der Waals surface area contributed by atoms with E-state index in [1.165, 1.54) is 11.6 Å². The van der Waals surface area contributed by atoms with Crippen molar-refractivity contribution in [1.29, 1.82) is 0 Å². The second-order valence-corrected chi connectivity index (χ2v) is 7.77. The van der Waals surface area contributed by atoms with Gasteiger partial charge in [0.2, 0.25) is 0 Å². The Kier molecular flexibility index (Phi) is 11.9. The van der Waals surface area contributed by atoms with Crippen LogP contribution >= 0.6 is 24.0 Å². The molecule has 3 rings (SSSR count). The van der Waals surface area contributed by atoms with E-state index in [9.17, 15) is 8.78 Å². The number of ether oxygens (including phenoxy) is 1. The van der Waals surface area contributed by atoms with Gasteiger partial charge in [0, 0.05) is 51.9 Å². The van der Waals surface area contributed by atoms with E-state index in [4.69, 9.17) is 4.74 Å². The largest absolute Gasteiger partial charge is 0.378 e. The summed E-state index contributed by atoms with van der Waals surface area (Å²) < 4.78 is 33.0. The number of nitrogens with zero attached hydrogens (tertiary/aromatic N) is 2. The van der Waals surface area contributed by atoms with Gasteiger partial charge in [-0.25, -0.2) is 8.78 Å². The van der Waals surface area contributed by atoms with Crippen molar-refractivity contribution < 1.29 is 13.5 Å². The van der Waals surface area contributed by atoms with Crippen LogP contribution in [0.3, 0.4) is 0 Å². The molecule has 1 saturated heterocycles. The maximum atomic E-state index is 13.7. The molecule has 0 spiro atoms. The lowest BCUT2D eigenvalue weighted by molar-refractivity contribution is 0.00534. The third kappa shape index (κ3) is 8.99. The number of hydrogen-bond donors (Lipinski definition) is 2. The van der Waals surface area contributed by atoms with Gasteiger partial charge < -0.3 is 15.4 Å². The summed E-state index contributed by atoms with van der Waals surface area (Å²) in [6.45, 7) is 4.67. The van der Waals surface area contributed by atoms with Crippen molar-refractivity contribution >= 4 is 29.9 Å². The number of likely N-dealkylation sites (tertiary alicyclic amines) is 1. The van der Waals surface area contributed by atoms with Crippen LogP contribution in [0.2, 0.25) is 0 Å². The molecular formula is C24H33F2IN4O. The molecule has 1 fully saturated rings. The molecule has 1 aliphatic rings. The number of halogens is 3. The lowest BCUT2D eigenvalue weighted by Gasteiger charge is -2.32. The minimum atomic E-state index is -0.454. The van der Waals surface area contributed by atoms with Crippen molar-refractivity contribution in [2.24, 2.45) is 4.99 Å². The standard InChI is InChI=1S/C24H32F2N4O.HI/c1-27-24(29-17-20-16-21(25)8-9-23(20)26)28-12-5-15-31-22-10-13-30(14-11-22)18-19-6-3-2-4-7-19;/h2-4,6-9,16,22H,5,10-15,17-18H2,1H3,(H2,27,28,29);1H. The van der Waals surface area contributed by atoms with E-state index in [0.717, 1.165) is 51.0 Å². The van der Waals surface area contributed by atoms with E-state index in [2.05, 4.69) is 44.8 Å². The van der Waals surface area contributed by atoms with Crippen LogP contribution in [0, 0.1) is 11.6 Å². The van der Waals surface area contributed by atoms with Crippen LogP contribution in [-0.4, -0.2) is 50.3 Å². The van der Waals surface area contributed by atoms with Crippen LogP contribution in [0.1, 0.15) is 30.4 Å². The molecule has 0 aromatic heterocycles. The van der Waals surface area contributed by atoms with Gasteiger partial charge in [0.15, 0.2) is 5.96 Å². The van der Waals surface area contributed by atoms with Gasteiger partial charge in [0.1, 0.15) is 11.6 Å². The van der Waals surface area contributed by atoms with E-state index >= 15 is 0 Å². The maximum Gasteiger partial charge on any atom is 0.191 e. The average Bonchev–Trinajstić information content (AvgIpc) is 2.79. The molecule has 1 aliphatic heterocycles. The molecule has 2 aromatic rings. The number of guanidine groups is 1. The molecule has 8 heteroatoms. The van der Waals surface area contributed by atoms with E-state index < -0.39 is 11.6 Å². The first-order valence-electron chi connectivity index (χ1n) is 10.9. The first kappa shape index (κ1) is 26.5. The van der Waals surface area contributed by atoms with Gasteiger partial charge in [-0.1, -0.05) is 30.3 Å². The third-order valence-electron chi connectivity index (χ3n) is 5.43. The molecule has 0 amide bonds. The Hall–Kier alpha value is -1.78. The molecule has 176 valence electrons. The fourth-order valence-corrected chi connectivity index (χ4v) is 3.68. The lowest BCUT2D eigenvalue weighted by Crippen LogP contribution is -2.38. The van der Waals surface area contributed by atoms with Crippen molar-refractivity contribution in [2.75, 3.05) is 33.3 Å². The summed E-state index contributed by atoms with van der Waals surface area (Å²) in [6.07, 6.45) is 3.28. The molecule has 0 saturated carbocycles. The van der Waals surface area contributed by atoms with Crippen molar-refractivity contribution in [1.82, 2.24) is 15.5 Å². The van der Waals surface area contributed by atoms with Gasteiger partial charge >= 0.3 is 0 Å². The van der Waals surface area contributed by atoms with Gasteiger partial charge in [-0.2, -0.15) is 0 Å². The van der Waals surface area contributed by atoms with Crippen LogP contribution in [-0.2, 0) is 17.8 Å². The number of rotatable bonds is 9. The minimum Gasteiger partial charge on any atom is -0.378 e. The highest BCUT2D eigenvalue weighted by Gasteiger charge is 2.19. The molecule has 2 N–H and O–H groups in total. The monoisotopic (exact) mass is 558 g/mol. The maximum absolute atomic E-state index is 13.7. The van der Waals surface area contributed by atoms with Crippen molar-refractivity contribution in [3.8, 4) is 0 Å². The predicted octanol–water partition coefficient (Wildman–Crippen LogP) is 4.32. The van der Waals surface area contributed by atoms with Crippen molar-refractivity contribution in [2.45, 2.75) is 38.5 Å². The average molecular weight is 558 g/mol. The van der Waals surface area contributed by atoms with Crippen LogP contribution in [0.4, 0.5) is 8.78 Å². The molecule has 0 bridgehead atoms. The summed E-state index contributed by atoms with van der Waals surface area (Å²) in [5, 5.41) is 6.18. The van der Waals surface area contributed by atoms with Gasteiger partial charge in [-0.05, 0) is 43.0 Å². The highest BCUT2D eigenvalue weighted by molar-refractivity contribution is 14.0. The summed E-state index contributed by atoms with van der Waals surface area (Å²) in [7, 11) is 1.65. The summed E-state index contributed by atoms with van der Waals surface area (Å²) in [5.41, 5.74) is 1.62. The molecule has 5 nitrogen and oxygen atoms in total. The first-order valence-corrected chi connectivity index (χ1v) is 10.9.